The van der Waals surface area contributed by atoms with Gasteiger partial charge in [0.15, 0.2) is 0 Å². The Bertz CT molecular complexity index is 358. The predicted octanol–water partition coefficient (Wildman–Crippen LogP) is 2.81. The third-order valence-electron chi connectivity index (χ3n) is 3.30. The molecular weight excluding hydrogens is 212 g/mol. The minimum Gasteiger partial charge on any atom is -0.383 e. The Balaban J connectivity index is 3.16. The van der Waals surface area contributed by atoms with Gasteiger partial charge in [-0.1, -0.05) is 27.7 Å². The third kappa shape index (κ3) is 2.87. The summed E-state index contributed by atoms with van der Waals surface area (Å²) in [5.74, 6) is 1.91. The van der Waals surface area contributed by atoms with Crippen LogP contribution in [-0.4, -0.2) is 23.1 Å². The largest absolute Gasteiger partial charge is 0.383 e. The molecule has 0 saturated carbocycles. The van der Waals surface area contributed by atoms with Crippen LogP contribution in [0.5, 0.6) is 0 Å². The average molecular weight is 236 g/mol. The molecule has 0 amide bonds. The second-order valence-electron chi connectivity index (χ2n) is 4.73. The molecule has 0 atom stereocenters. The summed E-state index contributed by atoms with van der Waals surface area (Å²) in [7, 11) is 2.09. The summed E-state index contributed by atoms with van der Waals surface area (Å²) < 4.78 is 0. The van der Waals surface area contributed by atoms with Crippen LogP contribution in [0.1, 0.15) is 52.0 Å². The number of aromatic nitrogens is 2. The van der Waals surface area contributed by atoms with Gasteiger partial charge >= 0.3 is 0 Å². The molecule has 1 aromatic rings. The summed E-state index contributed by atoms with van der Waals surface area (Å²) >= 11 is 0. The fourth-order valence-electron chi connectivity index (χ4n) is 2.24. The summed E-state index contributed by atoms with van der Waals surface area (Å²) in [6, 6.07) is 0.502. The van der Waals surface area contributed by atoms with Crippen molar-refractivity contribution in [3.63, 3.8) is 0 Å². The van der Waals surface area contributed by atoms with Crippen LogP contribution >= 0.6 is 0 Å². The van der Waals surface area contributed by atoms with Crippen LogP contribution in [0, 0.1) is 0 Å². The van der Waals surface area contributed by atoms with E-state index >= 15 is 0 Å². The lowest BCUT2D eigenvalue weighted by Gasteiger charge is -2.30. The van der Waals surface area contributed by atoms with E-state index < -0.39 is 0 Å². The number of anilines is 2. The first-order chi connectivity index (χ1) is 8.02. The minimum absolute atomic E-state index is 0.336. The van der Waals surface area contributed by atoms with Crippen molar-refractivity contribution in [1.82, 2.24) is 9.97 Å². The monoisotopic (exact) mass is 236 g/mol. The molecule has 0 fully saturated rings. The van der Waals surface area contributed by atoms with E-state index in [1.165, 1.54) is 0 Å². The van der Waals surface area contributed by atoms with Crippen LogP contribution in [0.2, 0.25) is 0 Å². The van der Waals surface area contributed by atoms with Gasteiger partial charge in [0, 0.05) is 18.7 Å². The number of rotatable bonds is 5. The summed E-state index contributed by atoms with van der Waals surface area (Å²) in [5, 5.41) is 0. The second kappa shape index (κ2) is 5.84. The maximum atomic E-state index is 5.97. The lowest BCUT2D eigenvalue weighted by atomic mass is 10.0. The molecule has 1 heterocycles. The van der Waals surface area contributed by atoms with Crippen LogP contribution in [0.4, 0.5) is 11.6 Å². The summed E-state index contributed by atoms with van der Waals surface area (Å²) in [4.78, 5) is 10.7. The molecule has 0 bridgehead atoms. The molecule has 4 nitrogen and oxygen atoms in total. The normalized spacial score (nSPS) is 11.2. The van der Waals surface area contributed by atoms with Crippen molar-refractivity contribution in [2.24, 2.45) is 0 Å². The molecule has 4 heteroatoms. The van der Waals surface area contributed by atoms with Gasteiger partial charge in [0.25, 0.3) is 0 Å². The number of nitrogen functional groups attached to an aromatic ring is 1. The smallest absolute Gasteiger partial charge is 0.137 e. The van der Waals surface area contributed by atoms with Crippen LogP contribution in [0.25, 0.3) is 0 Å². The molecule has 0 unspecified atom stereocenters. The first-order valence-corrected chi connectivity index (χ1v) is 6.36. The van der Waals surface area contributed by atoms with Crippen molar-refractivity contribution in [1.29, 1.82) is 0 Å². The van der Waals surface area contributed by atoms with Gasteiger partial charge in [-0.25, -0.2) is 9.97 Å². The molecule has 96 valence electrons. The number of hydrogen-bond donors (Lipinski definition) is 1. The fourth-order valence-corrected chi connectivity index (χ4v) is 2.24. The Morgan fingerprint density at radius 2 is 1.82 bits per heavy atom. The molecular formula is C13H24N4. The molecule has 0 aromatic carbocycles. The topological polar surface area (TPSA) is 55.0 Å². The Morgan fingerprint density at radius 3 is 2.29 bits per heavy atom. The highest BCUT2D eigenvalue weighted by atomic mass is 15.2. The lowest BCUT2D eigenvalue weighted by molar-refractivity contribution is 0.582. The van der Waals surface area contributed by atoms with Crippen LogP contribution in [0.3, 0.4) is 0 Å². The Morgan fingerprint density at radius 1 is 1.24 bits per heavy atom. The molecule has 0 aliphatic carbocycles. The van der Waals surface area contributed by atoms with Gasteiger partial charge in [0.2, 0.25) is 0 Å². The zero-order valence-corrected chi connectivity index (χ0v) is 11.6. The molecule has 0 radical (unpaired) electrons. The van der Waals surface area contributed by atoms with E-state index in [-0.39, 0.29) is 0 Å². The lowest BCUT2D eigenvalue weighted by Crippen LogP contribution is -2.32. The van der Waals surface area contributed by atoms with Gasteiger partial charge in [-0.05, 0) is 18.8 Å². The van der Waals surface area contributed by atoms with E-state index in [0.717, 1.165) is 24.2 Å². The average Bonchev–Trinajstić information content (AvgIpc) is 2.29. The van der Waals surface area contributed by atoms with E-state index in [9.17, 15) is 0 Å². The first kappa shape index (κ1) is 13.7. The maximum Gasteiger partial charge on any atom is 0.137 e. The Hall–Kier alpha value is -1.32. The molecule has 2 N–H and O–H groups in total. The van der Waals surface area contributed by atoms with Gasteiger partial charge in [-0.15, -0.1) is 0 Å². The number of nitrogens with zero attached hydrogens (tertiary/aromatic N) is 3. The molecule has 0 saturated heterocycles. The molecule has 1 aromatic heterocycles. The van der Waals surface area contributed by atoms with Gasteiger partial charge in [-0.3, -0.25) is 0 Å². The number of nitrogens with two attached hydrogens (primary N) is 1. The first-order valence-electron chi connectivity index (χ1n) is 6.36. The minimum atomic E-state index is 0.336. The fraction of sp³-hybridized carbons (Fsp3) is 0.692. The van der Waals surface area contributed by atoms with Gasteiger partial charge in [0.1, 0.15) is 18.0 Å². The van der Waals surface area contributed by atoms with Crippen LogP contribution in [-0.2, 0) is 0 Å². The van der Waals surface area contributed by atoms with Crippen molar-refractivity contribution < 1.29 is 0 Å². The van der Waals surface area contributed by atoms with Gasteiger partial charge in [0.05, 0.1) is 0 Å². The van der Waals surface area contributed by atoms with Gasteiger partial charge in [-0.2, -0.15) is 0 Å². The zero-order valence-electron chi connectivity index (χ0n) is 11.6. The quantitative estimate of drug-likeness (QED) is 0.854. The van der Waals surface area contributed by atoms with E-state index in [1.807, 2.05) is 0 Å². The van der Waals surface area contributed by atoms with E-state index in [4.69, 9.17) is 5.73 Å². The van der Waals surface area contributed by atoms with Crippen molar-refractivity contribution in [3.05, 3.63) is 11.9 Å². The van der Waals surface area contributed by atoms with E-state index in [1.54, 1.807) is 6.33 Å². The van der Waals surface area contributed by atoms with Crippen molar-refractivity contribution in [3.8, 4) is 0 Å². The highest BCUT2D eigenvalue weighted by Crippen LogP contribution is 2.30. The zero-order chi connectivity index (χ0) is 13.0. The highest BCUT2D eigenvalue weighted by molar-refractivity contribution is 5.58. The Kier molecular flexibility index (Phi) is 4.73. The van der Waals surface area contributed by atoms with Crippen molar-refractivity contribution in [2.75, 3.05) is 17.7 Å². The molecule has 0 spiro atoms. The molecule has 0 aliphatic heterocycles. The van der Waals surface area contributed by atoms with Crippen molar-refractivity contribution in [2.45, 2.75) is 52.5 Å². The SMILES string of the molecule is CCC(CC)N(C)c1ncnc(N)c1C(C)C. The molecule has 1 rings (SSSR count). The second-order valence-corrected chi connectivity index (χ2v) is 4.73. The summed E-state index contributed by atoms with van der Waals surface area (Å²) in [5.41, 5.74) is 7.02. The van der Waals surface area contributed by atoms with Crippen LogP contribution < -0.4 is 10.6 Å². The predicted molar refractivity (Wildman–Crippen MR) is 73.3 cm³/mol. The summed E-state index contributed by atoms with van der Waals surface area (Å²) in [6.45, 7) is 8.65. The van der Waals surface area contributed by atoms with Crippen molar-refractivity contribution >= 4 is 11.6 Å². The maximum absolute atomic E-state index is 5.97. The highest BCUT2D eigenvalue weighted by Gasteiger charge is 2.19. The summed E-state index contributed by atoms with van der Waals surface area (Å²) in [6.07, 6.45) is 3.76. The Labute approximate surface area is 104 Å². The number of hydrogen-bond acceptors (Lipinski definition) is 4. The van der Waals surface area contributed by atoms with E-state index in [0.29, 0.717) is 17.8 Å². The standard InChI is InChI=1S/C13H24N4/c1-6-10(7-2)17(5)13-11(9(3)4)12(14)15-8-16-13/h8-10H,6-7H2,1-5H3,(H2,14,15,16). The van der Waals surface area contributed by atoms with E-state index in [2.05, 4.69) is 49.6 Å². The van der Waals surface area contributed by atoms with Gasteiger partial charge < -0.3 is 10.6 Å². The third-order valence-corrected chi connectivity index (χ3v) is 3.30. The molecule has 0 aliphatic rings. The van der Waals surface area contributed by atoms with Crippen LogP contribution in [0.15, 0.2) is 6.33 Å². The molecule has 17 heavy (non-hydrogen) atoms.